The number of nitrogens with two attached hydrogens (primary N) is 1. The van der Waals surface area contributed by atoms with Gasteiger partial charge in [-0.15, -0.1) is 0 Å². The van der Waals surface area contributed by atoms with Crippen molar-refractivity contribution < 1.29 is 13.9 Å². The van der Waals surface area contributed by atoms with Crippen LogP contribution in [0.1, 0.15) is 0 Å². The van der Waals surface area contributed by atoms with Crippen molar-refractivity contribution in [3.8, 4) is 22.6 Å². The molecule has 1 heterocycles. The summed E-state index contributed by atoms with van der Waals surface area (Å²) >= 11 is 12.1. The molecule has 3 rings (SSSR count). The van der Waals surface area contributed by atoms with Gasteiger partial charge in [-0.05, 0) is 24.3 Å². The van der Waals surface area contributed by atoms with Crippen LogP contribution in [0, 0.1) is 5.82 Å². The first-order valence-corrected chi connectivity index (χ1v) is 7.13. The smallest absolute Gasteiger partial charge is 0.172 e. The van der Waals surface area contributed by atoms with Crippen molar-refractivity contribution in [1.29, 1.82) is 0 Å². The Morgan fingerprint density at radius 3 is 2.76 bits per heavy atom. The average Bonchev–Trinajstić information content (AvgIpc) is 2.48. The van der Waals surface area contributed by atoms with Gasteiger partial charge in [0.25, 0.3) is 0 Å². The monoisotopic (exact) mass is 327 g/mol. The largest absolute Gasteiger partial charge is 0.486 e. The third-order valence-corrected chi connectivity index (χ3v) is 3.79. The van der Waals surface area contributed by atoms with Crippen LogP contribution in [-0.2, 0) is 0 Å². The average molecular weight is 328 g/mol. The fourth-order valence-electron chi connectivity index (χ4n) is 2.21. The summed E-state index contributed by atoms with van der Waals surface area (Å²) in [5.74, 6) is 0.349. The van der Waals surface area contributed by atoms with E-state index in [0.29, 0.717) is 33.7 Å². The minimum absolute atomic E-state index is 0.257. The first kappa shape index (κ1) is 14.4. The van der Waals surface area contributed by atoms with Crippen molar-refractivity contribution >= 4 is 23.2 Å². The molecule has 0 fully saturated rings. The third-order valence-electron chi connectivity index (χ3n) is 3.24. The van der Waals surface area contributed by atoms with Crippen molar-refractivity contribution in [1.82, 2.24) is 0 Å². The van der Waals surface area contributed by atoms with Gasteiger partial charge < -0.3 is 15.2 Å². The summed E-state index contributed by atoms with van der Waals surface area (Å²) in [6.07, 6.45) is -0.316. The molecule has 0 radical (unpaired) electrons. The molecule has 0 amide bonds. The number of fused-ring (bicyclic) bond motifs is 1. The van der Waals surface area contributed by atoms with E-state index in [1.165, 1.54) is 12.1 Å². The molecule has 1 aliphatic heterocycles. The Hall–Kier alpha value is -1.49. The Bertz CT molecular complexity index is 694. The molecule has 0 saturated heterocycles. The van der Waals surface area contributed by atoms with Gasteiger partial charge in [0, 0.05) is 17.1 Å². The summed E-state index contributed by atoms with van der Waals surface area (Å²) in [6.45, 7) is 0.618. The maximum Gasteiger partial charge on any atom is 0.172 e. The predicted molar refractivity (Wildman–Crippen MR) is 80.8 cm³/mol. The van der Waals surface area contributed by atoms with Gasteiger partial charge in [0.1, 0.15) is 18.5 Å². The normalized spacial score (nSPS) is 16.9. The zero-order valence-electron chi connectivity index (χ0n) is 10.9. The molecule has 1 atom stereocenters. The van der Waals surface area contributed by atoms with Crippen LogP contribution in [0.5, 0.6) is 11.5 Å². The molecule has 0 saturated carbocycles. The Labute approximate surface area is 131 Å². The van der Waals surface area contributed by atoms with Crippen molar-refractivity contribution in [2.24, 2.45) is 5.73 Å². The zero-order valence-corrected chi connectivity index (χ0v) is 12.4. The van der Waals surface area contributed by atoms with Crippen molar-refractivity contribution in [2.75, 3.05) is 13.2 Å². The van der Waals surface area contributed by atoms with Gasteiger partial charge in [-0.25, -0.2) is 4.39 Å². The Morgan fingerprint density at radius 1 is 1.24 bits per heavy atom. The summed E-state index contributed by atoms with van der Waals surface area (Å²) in [5.41, 5.74) is 6.35. The van der Waals surface area contributed by atoms with Crippen LogP contribution in [-0.4, -0.2) is 19.3 Å². The predicted octanol–water partition coefficient (Wildman–Crippen LogP) is 3.90. The quantitative estimate of drug-likeness (QED) is 0.909. The molecule has 2 aromatic rings. The van der Waals surface area contributed by atoms with Crippen LogP contribution in [0.3, 0.4) is 0 Å². The first-order valence-electron chi connectivity index (χ1n) is 6.37. The van der Waals surface area contributed by atoms with Crippen LogP contribution in [0.25, 0.3) is 11.1 Å². The van der Waals surface area contributed by atoms with Crippen LogP contribution in [0.15, 0.2) is 30.3 Å². The zero-order chi connectivity index (χ0) is 15.0. The molecule has 3 nitrogen and oxygen atoms in total. The summed E-state index contributed by atoms with van der Waals surface area (Å²) in [6, 6.07) is 7.71. The first-order chi connectivity index (χ1) is 10.1. The van der Waals surface area contributed by atoms with E-state index in [1.807, 2.05) is 0 Å². The Kier molecular flexibility index (Phi) is 3.93. The molecule has 0 aromatic heterocycles. The van der Waals surface area contributed by atoms with Gasteiger partial charge in [-0.1, -0.05) is 29.3 Å². The number of rotatable bonds is 2. The lowest BCUT2D eigenvalue weighted by Crippen LogP contribution is -2.36. The van der Waals surface area contributed by atoms with E-state index in [1.54, 1.807) is 18.2 Å². The fraction of sp³-hybridized carbons (Fsp3) is 0.200. The second kappa shape index (κ2) is 5.72. The SMILES string of the molecule is NC[C@H]1COc2ccc(F)c(-c3ccc(Cl)cc3Cl)c2O1. The topological polar surface area (TPSA) is 44.5 Å². The highest BCUT2D eigenvalue weighted by Crippen LogP contribution is 2.45. The lowest BCUT2D eigenvalue weighted by molar-refractivity contribution is 0.0971. The molecule has 0 unspecified atom stereocenters. The molecule has 0 aliphatic carbocycles. The summed E-state index contributed by atoms with van der Waals surface area (Å²) in [7, 11) is 0. The van der Waals surface area contributed by atoms with Gasteiger partial charge in [0.2, 0.25) is 0 Å². The fourth-order valence-corrected chi connectivity index (χ4v) is 2.72. The minimum Gasteiger partial charge on any atom is -0.486 e. The maximum absolute atomic E-state index is 14.3. The van der Waals surface area contributed by atoms with Gasteiger partial charge in [-0.2, -0.15) is 0 Å². The standard InChI is InChI=1S/C15H12Cl2FNO2/c16-8-1-2-10(11(17)5-8)14-12(18)3-4-13-15(14)21-9(6-19)7-20-13/h1-5,9H,6-7,19H2/t9-/m0/s1. The van der Waals surface area contributed by atoms with E-state index in [-0.39, 0.29) is 18.2 Å². The van der Waals surface area contributed by atoms with Gasteiger partial charge >= 0.3 is 0 Å². The Morgan fingerprint density at radius 2 is 2.05 bits per heavy atom. The number of ether oxygens (including phenoxy) is 2. The van der Waals surface area contributed by atoms with Crippen LogP contribution in [0.2, 0.25) is 10.0 Å². The van der Waals surface area contributed by atoms with E-state index >= 15 is 0 Å². The van der Waals surface area contributed by atoms with Gasteiger partial charge in [-0.3, -0.25) is 0 Å². The summed E-state index contributed by atoms with van der Waals surface area (Å²) < 4.78 is 25.6. The Balaban J connectivity index is 2.18. The number of hydrogen-bond acceptors (Lipinski definition) is 3. The number of hydrogen-bond donors (Lipinski definition) is 1. The molecule has 0 spiro atoms. The highest BCUT2D eigenvalue weighted by molar-refractivity contribution is 6.36. The van der Waals surface area contributed by atoms with E-state index < -0.39 is 5.82 Å². The molecular weight excluding hydrogens is 316 g/mol. The van der Waals surface area contributed by atoms with Crippen molar-refractivity contribution in [3.05, 3.63) is 46.2 Å². The summed E-state index contributed by atoms with van der Waals surface area (Å²) in [5, 5.41) is 0.819. The highest BCUT2D eigenvalue weighted by Gasteiger charge is 2.26. The summed E-state index contributed by atoms with van der Waals surface area (Å²) in [4.78, 5) is 0. The molecule has 21 heavy (non-hydrogen) atoms. The molecule has 110 valence electrons. The number of halogens is 3. The lowest BCUT2D eigenvalue weighted by atomic mass is 10.0. The van der Waals surface area contributed by atoms with Crippen LogP contribution >= 0.6 is 23.2 Å². The van der Waals surface area contributed by atoms with Gasteiger partial charge in [0.05, 0.1) is 10.6 Å². The molecule has 2 N–H and O–H groups in total. The second-order valence-electron chi connectivity index (χ2n) is 4.66. The van der Waals surface area contributed by atoms with Gasteiger partial charge in [0.15, 0.2) is 11.5 Å². The third kappa shape index (κ3) is 2.67. The van der Waals surface area contributed by atoms with E-state index in [0.717, 1.165) is 0 Å². The van der Waals surface area contributed by atoms with Crippen molar-refractivity contribution in [3.63, 3.8) is 0 Å². The number of benzene rings is 2. The molecule has 2 aromatic carbocycles. The van der Waals surface area contributed by atoms with E-state index in [9.17, 15) is 4.39 Å². The van der Waals surface area contributed by atoms with E-state index in [4.69, 9.17) is 38.4 Å². The highest BCUT2D eigenvalue weighted by atomic mass is 35.5. The minimum atomic E-state index is -0.445. The second-order valence-corrected chi connectivity index (χ2v) is 5.50. The molecule has 1 aliphatic rings. The molecule has 6 heteroatoms. The molecule has 0 bridgehead atoms. The molecular formula is C15H12Cl2FNO2. The van der Waals surface area contributed by atoms with Crippen LogP contribution in [0.4, 0.5) is 4.39 Å². The van der Waals surface area contributed by atoms with E-state index in [2.05, 4.69) is 0 Å². The van der Waals surface area contributed by atoms with Crippen LogP contribution < -0.4 is 15.2 Å². The maximum atomic E-state index is 14.3. The lowest BCUT2D eigenvalue weighted by Gasteiger charge is -2.27. The van der Waals surface area contributed by atoms with Crippen molar-refractivity contribution in [2.45, 2.75) is 6.10 Å².